The summed E-state index contributed by atoms with van der Waals surface area (Å²) in [5.41, 5.74) is 7.84. The molecule has 2 aromatic carbocycles. The topological polar surface area (TPSA) is 37.3 Å². The van der Waals surface area contributed by atoms with E-state index in [4.69, 9.17) is 0 Å². The summed E-state index contributed by atoms with van der Waals surface area (Å²) in [6.07, 6.45) is 10.8. The van der Waals surface area contributed by atoms with Gasteiger partial charge < -0.3 is 5.11 Å². The Morgan fingerprint density at radius 2 is 1.08 bits per heavy atom. The molecule has 0 heterocycles. The Morgan fingerprint density at radius 3 is 1.56 bits per heavy atom. The van der Waals surface area contributed by atoms with E-state index in [2.05, 4.69) is 92.6 Å². The molecule has 0 atom stereocenters. The predicted octanol–water partition coefficient (Wildman–Crippen LogP) is 11.6. The number of aliphatic hydroxyl groups is 1. The lowest BCUT2D eigenvalue weighted by Gasteiger charge is -2.29. The molecule has 0 radical (unpaired) electrons. The maximum Gasteiger partial charge on any atom is 0.227 e. The summed E-state index contributed by atoms with van der Waals surface area (Å²) in [6, 6.07) is 11.1. The van der Waals surface area contributed by atoms with E-state index in [1.54, 1.807) is 6.08 Å². The molecule has 0 amide bonds. The number of carbonyl (C=O) groups excluding carboxylic acids is 1. The Labute approximate surface area is 240 Å². The van der Waals surface area contributed by atoms with Crippen molar-refractivity contribution in [3.8, 4) is 0 Å². The summed E-state index contributed by atoms with van der Waals surface area (Å²) in [7, 11) is 0. The van der Waals surface area contributed by atoms with Crippen LogP contribution in [-0.4, -0.2) is 10.9 Å². The van der Waals surface area contributed by atoms with Crippen molar-refractivity contribution in [2.24, 2.45) is 0 Å². The highest BCUT2D eigenvalue weighted by Crippen LogP contribution is 2.41. The van der Waals surface area contributed by atoms with Crippen LogP contribution in [0.5, 0.6) is 0 Å². The number of hydrogen-bond acceptors (Lipinski definition) is 2. The molecule has 2 aromatic rings. The van der Waals surface area contributed by atoms with Crippen LogP contribution in [0.4, 0.5) is 0 Å². The van der Waals surface area contributed by atoms with Crippen molar-refractivity contribution >= 4 is 11.9 Å². The summed E-state index contributed by atoms with van der Waals surface area (Å²) >= 11 is 0. The van der Waals surface area contributed by atoms with Gasteiger partial charge in [0.15, 0.2) is 5.76 Å². The number of Topliss-reactive ketones (excluding diaryl/α,β-unsaturated/α-hetero) is 1. The molecule has 0 saturated carbocycles. The smallest absolute Gasteiger partial charge is 0.227 e. The van der Waals surface area contributed by atoms with E-state index in [9.17, 15) is 9.90 Å². The molecule has 0 fully saturated rings. The maximum absolute atomic E-state index is 14.5. The fourth-order valence-electron chi connectivity index (χ4n) is 6.61. The van der Waals surface area contributed by atoms with Crippen LogP contribution in [0.25, 0.3) is 6.08 Å². The Kier molecular flexibility index (Phi) is 13.5. The molecule has 0 spiro atoms. The molecule has 0 unspecified atom stereocenters. The van der Waals surface area contributed by atoms with E-state index >= 15 is 0 Å². The van der Waals surface area contributed by atoms with Gasteiger partial charge in [-0.2, -0.15) is 0 Å². The van der Waals surface area contributed by atoms with Gasteiger partial charge in [-0.1, -0.05) is 92.6 Å². The van der Waals surface area contributed by atoms with Gasteiger partial charge in [-0.05, 0) is 121 Å². The van der Waals surface area contributed by atoms with E-state index < -0.39 is 0 Å². The number of rotatable bonds is 16. The molecule has 0 aliphatic heterocycles. The third kappa shape index (κ3) is 7.44. The van der Waals surface area contributed by atoms with Crippen molar-refractivity contribution in [3.05, 3.63) is 75.0 Å². The summed E-state index contributed by atoms with van der Waals surface area (Å²) < 4.78 is 0. The third-order valence-electron chi connectivity index (χ3n) is 9.29. The van der Waals surface area contributed by atoms with Gasteiger partial charge in [0, 0.05) is 5.56 Å². The van der Waals surface area contributed by atoms with Crippen LogP contribution in [0.15, 0.2) is 36.1 Å². The fraction of sp³-hybridized carbons (Fsp3) is 0.595. The number of carbonyl (C=O) groups is 1. The second kappa shape index (κ2) is 16.0. The minimum Gasteiger partial charge on any atom is -0.504 e. The van der Waals surface area contributed by atoms with Crippen molar-refractivity contribution in [3.63, 3.8) is 0 Å². The van der Waals surface area contributed by atoms with E-state index in [-0.39, 0.29) is 11.5 Å². The zero-order valence-electron chi connectivity index (χ0n) is 26.5. The largest absolute Gasteiger partial charge is 0.504 e. The second-order valence-corrected chi connectivity index (χ2v) is 11.3. The SMILES string of the molecule is CCc1ccc(C(CC)CC)c(C=C(O)C(=O)c2c(C(CC)CC)ccc(C(CC)CC)c2C(CC)CC)c1. The van der Waals surface area contributed by atoms with Crippen molar-refractivity contribution in [2.45, 2.75) is 144 Å². The van der Waals surface area contributed by atoms with Gasteiger partial charge in [-0.15, -0.1) is 0 Å². The van der Waals surface area contributed by atoms with E-state index in [1.165, 1.54) is 22.3 Å². The first-order chi connectivity index (χ1) is 18.8. The Morgan fingerprint density at radius 1 is 0.641 bits per heavy atom. The summed E-state index contributed by atoms with van der Waals surface area (Å²) in [5, 5.41) is 11.6. The fourth-order valence-corrected chi connectivity index (χ4v) is 6.61. The van der Waals surface area contributed by atoms with Gasteiger partial charge in [-0.25, -0.2) is 0 Å². The highest BCUT2D eigenvalue weighted by Gasteiger charge is 2.30. The minimum atomic E-state index is -0.205. The maximum atomic E-state index is 14.5. The molecule has 2 heteroatoms. The normalized spacial score (nSPS) is 12.4. The number of benzene rings is 2. The summed E-state index contributed by atoms with van der Waals surface area (Å²) in [4.78, 5) is 14.5. The lowest BCUT2D eigenvalue weighted by Crippen LogP contribution is -2.18. The van der Waals surface area contributed by atoms with Gasteiger partial charge in [0.1, 0.15) is 0 Å². The number of aliphatic hydroxyl groups excluding tert-OH is 1. The molecule has 0 aliphatic rings. The predicted molar refractivity (Wildman–Crippen MR) is 170 cm³/mol. The van der Waals surface area contributed by atoms with Crippen molar-refractivity contribution in [2.75, 3.05) is 0 Å². The molecule has 0 aliphatic carbocycles. The molecular formula is C37H56O2. The van der Waals surface area contributed by atoms with Gasteiger partial charge >= 0.3 is 0 Å². The molecular weight excluding hydrogens is 476 g/mol. The Hall–Kier alpha value is -2.35. The van der Waals surface area contributed by atoms with Crippen LogP contribution in [0.2, 0.25) is 0 Å². The number of allylic oxidation sites excluding steroid dienone is 1. The van der Waals surface area contributed by atoms with Crippen LogP contribution in [-0.2, 0) is 6.42 Å². The molecule has 1 N–H and O–H groups in total. The minimum absolute atomic E-state index is 0.128. The molecule has 0 aromatic heterocycles. The highest BCUT2D eigenvalue weighted by atomic mass is 16.3. The van der Waals surface area contributed by atoms with E-state index in [0.29, 0.717) is 23.7 Å². The van der Waals surface area contributed by atoms with Gasteiger partial charge in [0.05, 0.1) is 0 Å². The lowest BCUT2D eigenvalue weighted by atomic mass is 9.75. The molecule has 216 valence electrons. The van der Waals surface area contributed by atoms with E-state index in [0.717, 1.165) is 74.5 Å². The summed E-state index contributed by atoms with van der Waals surface area (Å²) in [6.45, 7) is 20.0. The molecule has 2 rings (SSSR count). The van der Waals surface area contributed by atoms with Crippen molar-refractivity contribution < 1.29 is 9.90 Å². The zero-order chi connectivity index (χ0) is 29.1. The van der Waals surface area contributed by atoms with Gasteiger partial charge in [0.25, 0.3) is 0 Å². The Bertz CT molecular complexity index is 1080. The monoisotopic (exact) mass is 532 g/mol. The number of hydrogen-bond donors (Lipinski definition) is 1. The van der Waals surface area contributed by atoms with Crippen LogP contribution in [0, 0.1) is 0 Å². The first-order valence-corrected chi connectivity index (χ1v) is 16.0. The lowest BCUT2D eigenvalue weighted by molar-refractivity contribution is 0.0977. The number of ketones is 1. The molecule has 0 bridgehead atoms. The van der Waals surface area contributed by atoms with Crippen LogP contribution >= 0.6 is 0 Å². The summed E-state index contributed by atoms with van der Waals surface area (Å²) in [5.74, 6) is 1.08. The third-order valence-corrected chi connectivity index (χ3v) is 9.29. The Balaban J connectivity index is 2.90. The van der Waals surface area contributed by atoms with Crippen LogP contribution in [0.3, 0.4) is 0 Å². The van der Waals surface area contributed by atoms with Crippen LogP contribution < -0.4 is 0 Å². The average molecular weight is 533 g/mol. The first kappa shape index (κ1) is 32.9. The van der Waals surface area contributed by atoms with E-state index in [1.807, 2.05) is 0 Å². The molecule has 0 saturated heterocycles. The van der Waals surface area contributed by atoms with Gasteiger partial charge in [-0.3, -0.25) is 4.79 Å². The molecule has 2 nitrogen and oxygen atoms in total. The average Bonchev–Trinajstić information content (AvgIpc) is 2.96. The van der Waals surface area contributed by atoms with Crippen molar-refractivity contribution in [1.29, 1.82) is 0 Å². The second-order valence-electron chi connectivity index (χ2n) is 11.3. The highest BCUT2D eigenvalue weighted by molar-refractivity contribution is 6.12. The van der Waals surface area contributed by atoms with Crippen molar-refractivity contribution in [1.82, 2.24) is 0 Å². The zero-order valence-corrected chi connectivity index (χ0v) is 26.5. The standard InChI is InChI=1S/C37H56O2/c1-10-25-19-20-31(26(11-2)12-3)30(23-25)24-34(38)37(39)36-33(28(15-6)16-7)22-21-32(27(13-4)14-5)35(36)29(17-8)18-9/h19-24,26-29,38H,10-18H2,1-9H3. The van der Waals surface area contributed by atoms with Gasteiger partial charge in [0.2, 0.25) is 5.78 Å². The first-order valence-electron chi connectivity index (χ1n) is 16.0. The van der Waals surface area contributed by atoms with Crippen LogP contribution in [0.1, 0.15) is 181 Å². The molecule has 39 heavy (non-hydrogen) atoms. The quantitative estimate of drug-likeness (QED) is 0.133. The number of aryl methyl sites for hydroxylation is 1.